The first-order chi connectivity index (χ1) is 14.6. The molecular formula is C24H23N3O3. The lowest BCUT2D eigenvalue weighted by Crippen LogP contribution is -2.27. The number of aryl methyl sites for hydroxylation is 1. The summed E-state index contributed by atoms with van der Waals surface area (Å²) in [5, 5.41) is 6.33. The minimum Gasteiger partial charge on any atom is -0.492 e. The van der Waals surface area contributed by atoms with Crippen LogP contribution in [-0.4, -0.2) is 17.5 Å². The number of carbonyl (C=O) groups excluding carboxylic acids is 1. The standard InChI is InChI=1S/C24H23N3O3/c1-3-29-21-12-8-7-11-19(21)27-24(28)23(17-9-5-4-6-10-17)26-18-13-14-22-20(15-18)25-16(2)30-22/h4-15,23,26H,3H2,1-2H3,(H,27,28). The molecule has 6 heteroatoms. The molecule has 1 atom stereocenters. The van der Waals surface area contributed by atoms with Crippen LogP contribution in [0.3, 0.4) is 0 Å². The summed E-state index contributed by atoms with van der Waals surface area (Å²) < 4.78 is 11.2. The van der Waals surface area contributed by atoms with E-state index in [1.165, 1.54) is 0 Å². The predicted molar refractivity (Wildman–Crippen MR) is 118 cm³/mol. The Balaban J connectivity index is 1.63. The van der Waals surface area contributed by atoms with E-state index in [4.69, 9.17) is 9.15 Å². The third-order valence-electron chi connectivity index (χ3n) is 4.65. The number of nitrogens with zero attached hydrogens (tertiary/aromatic N) is 1. The molecule has 0 aliphatic rings. The van der Waals surface area contributed by atoms with Crippen molar-refractivity contribution in [3.8, 4) is 5.75 Å². The van der Waals surface area contributed by atoms with Gasteiger partial charge in [0, 0.05) is 12.6 Å². The highest BCUT2D eigenvalue weighted by atomic mass is 16.5. The third-order valence-corrected chi connectivity index (χ3v) is 4.65. The minimum absolute atomic E-state index is 0.190. The molecule has 4 rings (SSSR count). The van der Waals surface area contributed by atoms with Gasteiger partial charge in [0.25, 0.3) is 5.91 Å². The van der Waals surface area contributed by atoms with Crippen molar-refractivity contribution in [3.05, 3.63) is 84.3 Å². The molecule has 1 amide bonds. The van der Waals surface area contributed by atoms with Gasteiger partial charge in [0.1, 0.15) is 17.3 Å². The van der Waals surface area contributed by atoms with E-state index in [9.17, 15) is 4.79 Å². The maximum Gasteiger partial charge on any atom is 0.251 e. The first kappa shape index (κ1) is 19.5. The van der Waals surface area contributed by atoms with Gasteiger partial charge in [-0.25, -0.2) is 4.98 Å². The summed E-state index contributed by atoms with van der Waals surface area (Å²) in [6.45, 7) is 4.24. The Morgan fingerprint density at radius 3 is 2.63 bits per heavy atom. The lowest BCUT2D eigenvalue weighted by molar-refractivity contribution is -0.117. The molecule has 3 aromatic carbocycles. The van der Waals surface area contributed by atoms with E-state index in [1.54, 1.807) is 0 Å². The molecule has 1 heterocycles. The number of carbonyl (C=O) groups is 1. The molecular weight excluding hydrogens is 378 g/mol. The number of para-hydroxylation sites is 2. The van der Waals surface area contributed by atoms with Gasteiger partial charge < -0.3 is 19.8 Å². The third kappa shape index (κ3) is 4.27. The molecule has 1 unspecified atom stereocenters. The summed E-state index contributed by atoms with van der Waals surface area (Å²) in [5.74, 6) is 1.05. The van der Waals surface area contributed by atoms with Crippen LogP contribution in [0.1, 0.15) is 24.4 Å². The Morgan fingerprint density at radius 2 is 1.83 bits per heavy atom. The van der Waals surface area contributed by atoms with Crippen molar-refractivity contribution in [1.29, 1.82) is 0 Å². The summed E-state index contributed by atoms with van der Waals surface area (Å²) in [5.41, 5.74) is 3.71. The second kappa shape index (κ2) is 8.69. The van der Waals surface area contributed by atoms with Crippen LogP contribution in [0.4, 0.5) is 11.4 Å². The van der Waals surface area contributed by atoms with Gasteiger partial charge in [0.15, 0.2) is 11.5 Å². The Labute approximate surface area is 174 Å². The Kier molecular flexibility index (Phi) is 5.66. The van der Waals surface area contributed by atoms with Crippen molar-refractivity contribution in [1.82, 2.24) is 4.98 Å². The lowest BCUT2D eigenvalue weighted by Gasteiger charge is -2.21. The van der Waals surface area contributed by atoms with Gasteiger partial charge >= 0.3 is 0 Å². The summed E-state index contributed by atoms with van der Waals surface area (Å²) in [7, 11) is 0. The maximum absolute atomic E-state index is 13.3. The fourth-order valence-corrected chi connectivity index (χ4v) is 3.30. The summed E-state index contributed by atoms with van der Waals surface area (Å²) >= 11 is 0. The summed E-state index contributed by atoms with van der Waals surface area (Å²) in [6, 6.07) is 22.0. The number of oxazole rings is 1. The van der Waals surface area contributed by atoms with Gasteiger partial charge in [-0.1, -0.05) is 42.5 Å². The van der Waals surface area contributed by atoms with Crippen LogP contribution in [-0.2, 0) is 4.79 Å². The van der Waals surface area contributed by atoms with Gasteiger partial charge in [-0.05, 0) is 42.8 Å². The number of fused-ring (bicyclic) bond motifs is 1. The number of hydrogen-bond donors (Lipinski definition) is 2. The number of rotatable bonds is 7. The highest BCUT2D eigenvalue weighted by Gasteiger charge is 2.22. The first-order valence-electron chi connectivity index (χ1n) is 9.85. The highest BCUT2D eigenvalue weighted by Crippen LogP contribution is 2.28. The quantitative estimate of drug-likeness (QED) is 0.438. The Hall–Kier alpha value is -3.80. The van der Waals surface area contributed by atoms with Crippen molar-refractivity contribution in [3.63, 3.8) is 0 Å². The van der Waals surface area contributed by atoms with E-state index in [1.807, 2.05) is 86.6 Å². The van der Waals surface area contributed by atoms with Crippen LogP contribution in [0.2, 0.25) is 0 Å². The molecule has 0 aliphatic heterocycles. The van der Waals surface area contributed by atoms with Gasteiger partial charge in [0.2, 0.25) is 0 Å². The molecule has 0 radical (unpaired) electrons. The number of benzene rings is 3. The monoisotopic (exact) mass is 401 g/mol. The van der Waals surface area contributed by atoms with Crippen LogP contribution in [0.5, 0.6) is 5.75 Å². The summed E-state index contributed by atoms with van der Waals surface area (Å²) in [6.07, 6.45) is 0. The van der Waals surface area contributed by atoms with E-state index in [0.29, 0.717) is 29.5 Å². The summed E-state index contributed by atoms with van der Waals surface area (Å²) in [4.78, 5) is 17.7. The predicted octanol–water partition coefficient (Wildman–Crippen LogP) is 5.33. The number of ether oxygens (including phenoxy) is 1. The van der Waals surface area contributed by atoms with E-state index in [2.05, 4.69) is 15.6 Å². The fourth-order valence-electron chi connectivity index (χ4n) is 3.30. The zero-order chi connectivity index (χ0) is 20.9. The maximum atomic E-state index is 13.3. The minimum atomic E-state index is -0.605. The Morgan fingerprint density at radius 1 is 1.07 bits per heavy atom. The molecule has 1 aromatic heterocycles. The van der Waals surface area contributed by atoms with Gasteiger partial charge in [-0.2, -0.15) is 0 Å². The van der Waals surface area contributed by atoms with Crippen LogP contribution in [0.15, 0.2) is 77.2 Å². The average Bonchev–Trinajstić information content (AvgIpc) is 3.13. The lowest BCUT2D eigenvalue weighted by atomic mass is 10.1. The molecule has 152 valence electrons. The zero-order valence-electron chi connectivity index (χ0n) is 16.9. The smallest absolute Gasteiger partial charge is 0.251 e. The second-order valence-corrected chi connectivity index (χ2v) is 6.82. The molecule has 0 saturated carbocycles. The molecule has 30 heavy (non-hydrogen) atoms. The number of hydrogen-bond acceptors (Lipinski definition) is 5. The molecule has 0 saturated heterocycles. The van der Waals surface area contributed by atoms with Crippen molar-refractivity contribution < 1.29 is 13.9 Å². The second-order valence-electron chi connectivity index (χ2n) is 6.82. The SMILES string of the molecule is CCOc1ccccc1NC(=O)C(Nc1ccc2oc(C)nc2c1)c1ccccc1. The molecule has 0 fully saturated rings. The number of aromatic nitrogens is 1. The molecule has 0 aliphatic carbocycles. The highest BCUT2D eigenvalue weighted by molar-refractivity contribution is 5.98. The zero-order valence-corrected chi connectivity index (χ0v) is 16.9. The average molecular weight is 401 g/mol. The van der Waals surface area contributed by atoms with Crippen molar-refractivity contribution >= 4 is 28.4 Å². The number of nitrogens with one attached hydrogen (secondary N) is 2. The number of anilines is 2. The van der Waals surface area contributed by atoms with Crippen molar-refractivity contribution in [2.45, 2.75) is 19.9 Å². The molecule has 6 nitrogen and oxygen atoms in total. The topological polar surface area (TPSA) is 76.4 Å². The number of amides is 1. The molecule has 0 bridgehead atoms. The molecule has 2 N–H and O–H groups in total. The van der Waals surface area contributed by atoms with Gasteiger partial charge in [0.05, 0.1) is 12.3 Å². The van der Waals surface area contributed by atoms with E-state index >= 15 is 0 Å². The normalized spacial score (nSPS) is 11.8. The van der Waals surface area contributed by atoms with Crippen molar-refractivity contribution in [2.24, 2.45) is 0 Å². The molecule has 4 aromatic rings. The largest absolute Gasteiger partial charge is 0.492 e. The van der Waals surface area contributed by atoms with E-state index in [0.717, 1.165) is 16.8 Å². The van der Waals surface area contributed by atoms with E-state index in [-0.39, 0.29) is 5.91 Å². The van der Waals surface area contributed by atoms with Gasteiger partial charge in [-0.3, -0.25) is 4.79 Å². The van der Waals surface area contributed by atoms with E-state index < -0.39 is 6.04 Å². The fraction of sp³-hybridized carbons (Fsp3) is 0.167. The van der Waals surface area contributed by atoms with Crippen LogP contribution < -0.4 is 15.4 Å². The van der Waals surface area contributed by atoms with Crippen molar-refractivity contribution in [2.75, 3.05) is 17.2 Å². The van der Waals surface area contributed by atoms with Crippen LogP contribution >= 0.6 is 0 Å². The Bertz CT molecular complexity index is 1150. The van der Waals surface area contributed by atoms with Crippen LogP contribution in [0.25, 0.3) is 11.1 Å². The molecule has 0 spiro atoms. The van der Waals surface area contributed by atoms with Crippen LogP contribution in [0, 0.1) is 6.92 Å². The first-order valence-corrected chi connectivity index (χ1v) is 9.85. The van der Waals surface area contributed by atoms with Gasteiger partial charge in [-0.15, -0.1) is 0 Å².